The number of benzene rings is 1. The van der Waals surface area contributed by atoms with E-state index in [-0.39, 0.29) is 10.3 Å². The van der Waals surface area contributed by atoms with Crippen molar-refractivity contribution in [3.8, 4) is 0 Å². The third-order valence-corrected chi connectivity index (χ3v) is 4.68. The fourth-order valence-electron chi connectivity index (χ4n) is 1.86. The zero-order valence-electron chi connectivity index (χ0n) is 11.4. The minimum Gasteiger partial charge on any atom is -0.264 e. The first-order valence-electron chi connectivity index (χ1n) is 5.91. The van der Waals surface area contributed by atoms with Crippen molar-refractivity contribution in [3.05, 3.63) is 40.0 Å². The maximum atomic E-state index is 13.1. The highest BCUT2D eigenvalue weighted by Crippen LogP contribution is 2.36. The van der Waals surface area contributed by atoms with E-state index in [1.54, 1.807) is 6.92 Å². The number of nitrogens with one attached hydrogen (secondary N) is 1. The van der Waals surface area contributed by atoms with E-state index in [2.05, 4.69) is 25.8 Å². The summed E-state index contributed by atoms with van der Waals surface area (Å²) in [6, 6.07) is 4.28. The van der Waals surface area contributed by atoms with Gasteiger partial charge in [0.2, 0.25) is 0 Å². The Balaban J connectivity index is 2.53. The lowest BCUT2D eigenvalue weighted by Crippen LogP contribution is -2.20. The Hall–Kier alpha value is -1.55. The quantitative estimate of drug-likeness (QED) is 0.863. The molecule has 0 radical (unpaired) electrons. The molecule has 1 aromatic carbocycles. The monoisotopic (exact) mass is 397 g/mol. The maximum Gasteiger partial charge on any atom is 0.417 e. The van der Waals surface area contributed by atoms with Crippen molar-refractivity contribution in [1.29, 1.82) is 0 Å². The number of alkyl halides is 3. The molecule has 10 heteroatoms. The lowest BCUT2D eigenvalue weighted by atomic mass is 10.2. The summed E-state index contributed by atoms with van der Waals surface area (Å²) in [6.07, 6.45) is -4.80. The number of hydrogen-bond acceptors (Lipinski definition) is 3. The molecule has 1 aromatic heterocycles. The van der Waals surface area contributed by atoms with E-state index in [0.29, 0.717) is 5.69 Å². The highest BCUT2D eigenvalue weighted by Gasteiger charge is 2.37. The number of anilines is 1. The summed E-state index contributed by atoms with van der Waals surface area (Å²) in [7, 11) is -2.92. The molecule has 0 amide bonds. The molecule has 2 aromatic rings. The van der Waals surface area contributed by atoms with Crippen LogP contribution in [-0.4, -0.2) is 18.2 Å². The van der Waals surface area contributed by atoms with Crippen molar-refractivity contribution >= 4 is 31.8 Å². The topological polar surface area (TPSA) is 64.0 Å². The Labute approximate surface area is 133 Å². The molecule has 0 aliphatic carbocycles. The maximum absolute atomic E-state index is 13.1. The third kappa shape index (κ3) is 3.43. The number of sulfonamides is 1. The fraction of sp³-hybridized carbons (Fsp3) is 0.250. The van der Waals surface area contributed by atoms with E-state index in [0.717, 1.165) is 12.1 Å². The van der Waals surface area contributed by atoms with Gasteiger partial charge in [0.1, 0.15) is 5.82 Å². The summed E-state index contributed by atoms with van der Waals surface area (Å²) >= 11 is 2.91. The SMILES string of the molecule is Cc1cc(NS(=O)(=O)c2ccc(Br)cc2C(F)(F)F)n(C)n1. The molecule has 1 N–H and O–H groups in total. The molecule has 0 fully saturated rings. The predicted molar refractivity (Wildman–Crippen MR) is 77.9 cm³/mol. The zero-order valence-corrected chi connectivity index (χ0v) is 13.8. The van der Waals surface area contributed by atoms with Crippen LogP contribution in [0.5, 0.6) is 0 Å². The lowest BCUT2D eigenvalue weighted by molar-refractivity contribution is -0.139. The Bertz CT molecular complexity index is 816. The molecule has 1 heterocycles. The van der Waals surface area contributed by atoms with Gasteiger partial charge >= 0.3 is 6.18 Å². The van der Waals surface area contributed by atoms with Crippen LogP contribution in [0.25, 0.3) is 0 Å². The van der Waals surface area contributed by atoms with E-state index >= 15 is 0 Å². The minimum absolute atomic E-state index is 0.0774. The molecule has 0 bridgehead atoms. The molecule has 0 unspecified atom stereocenters. The third-order valence-electron chi connectivity index (χ3n) is 2.78. The second-order valence-electron chi connectivity index (χ2n) is 4.54. The standard InChI is InChI=1S/C12H11BrF3N3O2S/c1-7-5-11(19(2)17-7)18-22(20,21)10-4-3-8(13)6-9(10)12(14,15)16/h3-6,18H,1-2H3. The molecule has 0 spiro atoms. The van der Waals surface area contributed by atoms with Crippen molar-refractivity contribution in [2.45, 2.75) is 18.0 Å². The molecule has 5 nitrogen and oxygen atoms in total. The van der Waals surface area contributed by atoms with Gasteiger partial charge in [0.05, 0.1) is 16.2 Å². The fourth-order valence-corrected chi connectivity index (χ4v) is 3.51. The number of halogens is 4. The number of nitrogens with zero attached hydrogens (tertiary/aromatic N) is 2. The van der Waals surface area contributed by atoms with Crippen molar-refractivity contribution in [2.75, 3.05) is 4.72 Å². The van der Waals surface area contributed by atoms with Crippen LogP contribution >= 0.6 is 15.9 Å². The van der Waals surface area contributed by atoms with Gasteiger partial charge in [0.15, 0.2) is 0 Å². The first-order valence-corrected chi connectivity index (χ1v) is 8.18. The Kier molecular flexibility index (Phi) is 4.26. The lowest BCUT2D eigenvalue weighted by Gasteiger charge is -2.14. The Morgan fingerprint density at radius 3 is 2.41 bits per heavy atom. The van der Waals surface area contributed by atoms with Crippen molar-refractivity contribution in [2.24, 2.45) is 7.05 Å². The summed E-state index contributed by atoms with van der Waals surface area (Å²) in [4.78, 5) is -0.845. The van der Waals surface area contributed by atoms with Crippen LogP contribution in [0, 0.1) is 6.92 Å². The molecule has 22 heavy (non-hydrogen) atoms. The van der Waals surface area contributed by atoms with E-state index in [1.807, 2.05) is 0 Å². The normalized spacial score (nSPS) is 12.5. The van der Waals surface area contributed by atoms with E-state index in [9.17, 15) is 21.6 Å². The Morgan fingerprint density at radius 1 is 1.27 bits per heavy atom. The van der Waals surface area contributed by atoms with Gasteiger partial charge in [-0.25, -0.2) is 8.42 Å². The molecule has 0 saturated carbocycles. The van der Waals surface area contributed by atoms with Gasteiger partial charge in [-0.05, 0) is 25.1 Å². The molecule has 2 rings (SSSR count). The number of rotatable bonds is 3. The van der Waals surface area contributed by atoms with Gasteiger partial charge in [-0.15, -0.1) is 0 Å². The van der Waals surface area contributed by atoms with Gasteiger partial charge in [-0.2, -0.15) is 18.3 Å². The average molecular weight is 398 g/mol. The minimum atomic E-state index is -4.80. The van der Waals surface area contributed by atoms with Gasteiger partial charge < -0.3 is 0 Å². The smallest absolute Gasteiger partial charge is 0.264 e. The second-order valence-corrected chi connectivity index (χ2v) is 7.10. The highest BCUT2D eigenvalue weighted by molar-refractivity contribution is 9.10. The first-order chi connectivity index (χ1) is 10.0. The van der Waals surface area contributed by atoms with Crippen LogP contribution in [0.4, 0.5) is 19.0 Å². The van der Waals surface area contributed by atoms with Crippen LogP contribution in [0.3, 0.4) is 0 Å². The molecule has 0 aliphatic rings. The molecule has 0 saturated heterocycles. The molecule has 120 valence electrons. The van der Waals surface area contributed by atoms with E-state index < -0.39 is 26.7 Å². The molecule has 0 atom stereocenters. The number of aromatic nitrogens is 2. The summed E-state index contributed by atoms with van der Waals surface area (Å²) in [5.41, 5.74) is -0.708. The summed E-state index contributed by atoms with van der Waals surface area (Å²) < 4.78 is 67.2. The van der Waals surface area contributed by atoms with E-state index in [4.69, 9.17) is 0 Å². The highest BCUT2D eigenvalue weighted by atomic mass is 79.9. The van der Waals surface area contributed by atoms with Crippen LogP contribution in [-0.2, 0) is 23.2 Å². The second kappa shape index (κ2) is 5.58. The molecule has 0 aliphatic heterocycles. The van der Waals surface area contributed by atoms with Gasteiger partial charge in [-0.1, -0.05) is 15.9 Å². The predicted octanol–water partition coefficient (Wildman–Crippen LogP) is 3.31. The van der Waals surface area contributed by atoms with Gasteiger partial charge in [0.25, 0.3) is 10.0 Å². The Morgan fingerprint density at radius 2 is 1.91 bits per heavy atom. The van der Waals surface area contributed by atoms with Crippen LogP contribution in [0.2, 0.25) is 0 Å². The van der Waals surface area contributed by atoms with Gasteiger partial charge in [-0.3, -0.25) is 9.40 Å². The summed E-state index contributed by atoms with van der Waals surface area (Å²) in [5, 5.41) is 3.93. The molecular weight excluding hydrogens is 387 g/mol. The zero-order chi connectivity index (χ0) is 16.7. The number of aryl methyl sites for hydroxylation is 2. The van der Waals surface area contributed by atoms with Crippen molar-refractivity contribution < 1.29 is 21.6 Å². The van der Waals surface area contributed by atoms with Crippen molar-refractivity contribution in [1.82, 2.24) is 9.78 Å². The van der Waals surface area contributed by atoms with Crippen LogP contribution < -0.4 is 4.72 Å². The summed E-state index contributed by atoms with van der Waals surface area (Å²) in [5.74, 6) is 0.0774. The van der Waals surface area contributed by atoms with Gasteiger partial charge in [0, 0.05) is 17.6 Å². The largest absolute Gasteiger partial charge is 0.417 e. The first kappa shape index (κ1) is 16.8. The van der Waals surface area contributed by atoms with Crippen molar-refractivity contribution in [3.63, 3.8) is 0 Å². The summed E-state index contributed by atoms with van der Waals surface area (Å²) in [6.45, 7) is 1.64. The van der Waals surface area contributed by atoms with Crippen LogP contribution in [0.1, 0.15) is 11.3 Å². The number of hydrogen-bond donors (Lipinski definition) is 1. The molecular formula is C12H11BrF3N3O2S. The van der Waals surface area contributed by atoms with Crippen LogP contribution in [0.15, 0.2) is 33.6 Å². The van der Waals surface area contributed by atoms with E-state index in [1.165, 1.54) is 23.9 Å². The average Bonchev–Trinajstić information content (AvgIpc) is 2.65.